The van der Waals surface area contributed by atoms with Crippen LogP contribution in [0.1, 0.15) is 51.5 Å². The van der Waals surface area contributed by atoms with Gasteiger partial charge in [-0.3, -0.25) is 4.90 Å². The summed E-state index contributed by atoms with van der Waals surface area (Å²) in [6.07, 6.45) is 3.64. The summed E-state index contributed by atoms with van der Waals surface area (Å²) in [5, 5.41) is 3.49. The second-order valence-electron chi connectivity index (χ2n) is 8.22. The predicted molar refractivity (Wildman–Crippen MR) is 114 cm³/mol. The summed E-state index contributed by atoms with van der Waals surface area (Å²) < 4.78 is 11.4. The van der Waals surface area contributed by atoms with Crippen LogP contribution < -0.4 is 5.32 Å². The number of nitrogens with zero attached hydrogens (tertiary/aromatic N) is 3. The van der Waals surface area contributed by atoms with Gasteiger partial charge in [0.2, 0.25) is 0 Å². The van der Waals surface area contributed by atoms with Crippen LogP contribution in [-0.2, 0) is 9.47 Å². The molecule has 2 aromatic rings. The summed E-state index contributed by atoms with van der Waals surface area (Å²) in [7, 11) is 0. The van der Waals surface area contributed by atoms with Gasteiger partial charge in [0.15, 0.2) is 0 Å². The van der Waals surface area contributed by atoms with Gasteiger partial charge < -0.3 is 14.8 Å². The van der Waals surface area contributed by atoms with Gasteiger partial charge >= 0.3 is 11.9 Å². The zero-order valence-corrected chi connectivity index (χ0v) is 17.9. The van der Waals surface area contributed by atoms with E-state index in [-0.39, 0.29) is 30.3 Å². The molecule has 0 aromatic carbocycles. The van der Waals surface area contributed by atoms with E-state index < -0.39 is 0 Å². The number of nitrogens with one attached hydrogen (secondary N) is 1. The number of carbonyl (C=O) groups excluding carboxylic acids is 2. The number of rotatable bonds is 5. The lowest BCUT2D eigenvalue weighted by Crippen LogP contribution is -2.51. The molecule has 0 radical (unpaired) electrons. The van der Waals surface area contributed by atoms with Gasteiger partial charge in [-0.15, -0.1) is 0 Å². The Hall–Kier alpha value is -2.84. The highest BCUT2D eigenvalue weighted by Gasteiger charge is 2.34. The number of carbonyl (C=O) groups is 2. The van der Waals surface area contributed by atoms with E-state index >= 15 is 0 Å². The van der Waals surface area contributed by atoms with E-state index in [9.17, 15) is 9.59 Å². The summed E-state index contributed by atoms with van der Waals surface area (Å²) in [4.78, 5) is 35.4. The van der Waals surface area contributed by atoms with Crippen LogP contribution in [0.3, 0.4) is 0 Å². The molecule has 2 aliphatic heterocycles. The van der Waals surface area contributed by atoms with Crippen LogP contribution in [0.4, 0.5) is 0 Å². The number of ether oxygens (including phenoxy) is 2. The van der Waals surface area contributed by atoms with E-state index in [1.807, 2.05) is 26.0 Å². The Bertz CT molecular complexity index is 933. The first-order valence-corrected chi connectivity index (χ1v) is 10.7. The second kappa shape index (κ2) is 9.53. The summed E-state index contributed by atoms with van der Waals surface area (Å²) in [6, 6.07) is 8.87. The van der Waals surface area contributed by atoms with Gasteiger partial charge in [0, 0.05) is 37.9 Å². The minimum Gasteiger partial charge on any atom is -0.457 e. The maximum Gasteiger partial charge on any atom is 0.357 e. The molecule has 2 aliphatic rings. The molecule has 8 heteroatoms. The van der Waals surface area contributed by atoms with Gasteiger partial charge in [-0.05, 0) is 50.5 Å². The standard InChI is InChI=1S/C23H28N4O4/c1-15-6-7-19(25-13-15)22(28)30-17-8-10-24-21(12-17)27-11-9-18(14-27)31-23(29)20-5-3-4-16(2)26-20/h3-7,13,17-18,21,24H,8-12,14H2,1-2H3/t17?,18-,21?/m1/s1. The van der Waals surface area contributed by atoms with Crippen LogP contribution in [0.15, 0.2) is 36.5 Å². The lowest BCUT2D eigenvalue weighted by Gasteiger charge is -2.35. The Morgan fingerprint density at radius 2 is 1.84 bits per heavy atom. The van der Waals surface area contributed by atoms with Crippen molar-refractivity contribution in [2.75, 3.05) is 19.6 Å². The molecular formula is C23H28N4O4. The minimum atomic E-state index is -0.385. The highest BCUT2D eigenvalue weighted by molar-refractivity contribution is 5.87. The van der Waals surface area contributed by atoms with Crippen molar-refractivity contribution in [3.8, 4) is 0 Å². The van der Waals surface area contributed by atoms with Gasteiger partial charge in [-0.1, -0.05) is 12.1 Å². The van der Waals surface area contributed by atoms with Crippen LogP contribution in [0.25, 0.3) is 0 Å². The second-order valence-corrected chi connectivity index (χ2v) is 8.22. The SMILES string of the molecule is Cc1ccc(C(=O)OC2CCNC(N3CC[C@@H](OC(=O)c4cccc(C)n4)C3)C2)nc1. The monoisotopic (exact) mass is 424 g/mol. The van der Waals surface area contributed by atoms with Crippen LogP contribution >= 0.6 is 0 Å². The fourth-order valence-electron chi connectivity index (χ4n) is 4.05. The normalized spacial score (nSPS) is 24.0. The lowest BCUT2D eigenvalue weighted by atomic mass is 10.1. The van der Waals surface area contributed by atoms with E-state index in [0.717, 1.165) is 37.2 Å². The van der Waals surface area contributed by atoms with E-state index in [1.54, 1.807) is 24.4 Å². The number of hydrogen-bond donors (Lipinski definition) is 1. The number of aromatic nitrogens is 2. The highest BCUT2D eigenvalue weighted by Crippen LogP contribution is 2.22. The first-order chi connectivity index (χ1) is 15.0. The zero-order valence-electron chi connectivity index (χ0n) is 17.9. The Morgan fingerprint density at radius 1 is 1.03 bits per heavy atom. The molecule has 4 rings (SSSR count). The summed E-state index contributed by atoms with van der Waals surface area (Å²) in [6.45, 7) is 6.00. The quantitative estimate of drug-likeness (QED) is 0.731. The molecule has 0 bridgehead atoms. The average Bonchev–Trinajstić information content (AvgIpc) is 3.23. The smallest absolute Gasteiger partial charge is 0.357 e. The Morgan fingerprint density at radius 3 is 2.61 bits per heavy atom. The van der Waals surface area contributed by atoms with Crippen molar-refractivity contribution in [1.29, 1.82) is 0 Å². The van der Waals surface area contributed by atoms with Gasteiger partial charge in [0.25, 0.3) is 0 Å². The van der Waals surface area contributed by atoms with Crippen molar-refractivity contribution in [3.63, 3.8) is 0 Å². The predicted octanol–water partition coefficient (Wildman–Crippen LogP) is 2.26. The topological polar surface area (TPSA) is 93.7 Å². The summed E-state index contributed by atoms with van der Waals surface area (Å²) >= 11 is 0. The van der Waals surface area contributed by atoms with E-state index in [1.165, 1.54) is 0 Å². The molecule has 8 nitrogen and oxygen atoms in total. The largest absolute Gasteiger partial charge is 0.457 e. The molecule has 2 aromatic heterocycles. The third-order valence-corrected chi connectivity index (χ3v) is 5.72. The van der Waals surface area contributed by atoms with E-state index in [4.69, 9.17) is 9.47 Å². The molecule has 0 spiro atoms. The van der Waals surface area contributed by atoms with Gasteiger partial charge in [0.05, 0.1) is 6.17 Å². The first-order valence-electron chi connectivity index (χ1n) is 10.7. The average molecular weight is 425 g/mol. The van der Waals surface area contributed by atoms with Gasteiger partial charge in [-0.25, -0.2) is 19.6 Å². The lowest BCUT2D eigenvalue weighted by molar-refractivity contribution is 0.00184. The van der Waals surface area contributed by atoms with Crippen LogP contribution in [0, 0.1) is 13.8 Å². The molecule has 4 heterocycles. The highest BCUT2D eigenvalue weighted by atomic mass is 16.5. The van der Waals surface area contributed by atoms with E-state index in [0.29, 0.717) is 24.4 Å². The Labute approximate surface area is 182 Å². The molecule has 2 fully saturated rings. The Kier molecular flexibility index (Phi) is 6.58. The van der Waals surface area contributed by atoms with Crippen molar-refractivity contribution >= 4 is 11.9 Å². The van der Waals surface area contributed by atoms with Crippen molar-refractivity contribution in [2.24, 2.45) is 0 Å². The number of piperidine rings is 1. The molecule has 0 saturated carbocycles. The maximum absolute atomic E-state index is 12.4. The number of hydrogen-bond acceptors (Lipinski definition) is 8. The van der Waals surface area contributed by atoms with Crippen LogP contribution in [0.5, 0.6) is 0 Å². The molecule has 2 unspecified atom stereocenters. The number of pyridine rings is 2. The third kappa shape index (κ3) is 5.45. The molecule has 0 amide bonds. The summed E-state index contributed by atoms with van der Waals surface area (Å²) in [5.74, 6) is -0.769. The summed E-state index contributed by atoms with van der Waals surface area (Å²) in [5.41, 5.74) is 2.46. The maximum atomic E-state index is 12.4. The minimum absolute atomic E-state index is 0.0818. The van der Waals surface area contributed by atoms with Crippen LogP contribution in [-0.4, -0.2) is 64.8 Å². The molecule has 31 heavy (non-hydrogen) atoms. The molecule has 2 saturated heterocycles. The molecule has 3 atom stereocenters. The van der Waals surface area contributed by atoms with E-state index in [2.05, 4.69) is 20.2 Å². The number of aryl methyl sites for hydroxylation is 2. The van der Waals surface area contributed by atoms with Crippen molar-refractivity contribution in [2.45, 2.75) is 51.5 Å². The van der Waals surface area contributed by atoms with Crippen LogP contribution in [0.2, 0.25) is 0 Å². The number of likely N-dealkylation sites (tertiary alicyclic amines) is 1. The Balaban J connectivity index is 1.28. The molecule has 0 aliphatic carbocycles. The molecule has 164 valence electrons. The van der Waals surface area contributed by atoms with Crippen molar-refractivity contribution in [1.82, 2.24) is 20.2 Å². The third-order valence-electron chi connectivity index (χ3n) is 5.72. The fraction of sp³-hybridized carbons (Fsp3) is 0.478. The molecule has 1 N–H and O–H groups in total. The first kappa shape index (κ1) is 21.4. The van der Waals surface area contributed by atoms with Gasteiger partial charge in [0.1, 0.15) is 23.6 Å². The van der Waals surface area contributed by atoms with Gasteiger partial charge in [-0.2, -0.15) is 0 Å². The van der Waals surface area contributed by atoms with Crippen molar-refractivity contribution < 1.29 is 19.1 Å². The van der Waals surface area contributed by atoms with Crippen molar-refractivity contribution in [3.05, 3.63) is 59.2 Å². The zero-order chi connectivity index (χ0) is 21.8. The molecular weight excluding hydrogens is 396 g/mol. The fourth-order valence-corrected chi connectivity index (χ4v) is 4.05. The number of esters is 2.